The van der Waals surface area contributed by atoms with Crippen molar-refractivity contribution >= 4 is 0 Å². The van der Waals surface area contributed by atoms with Crippen LogP contribution in [0.3, 0.4) is 0 Å². The molecule has 4 nitrogen and oxygen atoms in total. The Morgan fingerprint density at radius 2 is 2.40 bits per heavy atom. The van der Waals surface area contributed by atoms with Crippen LogP contribution in [0.2, 0.25) is 0 Å². The lowest BCUT2D eigenvalue weighted by molar-refractivity contribution is 0.179. The fraction of sp³-hybridized carbons (Fsp3) is 0.727. The topological polar surface area (TPSA) is 63.9 Å². The summed E-state index contributed by atoms with van der Waals surface area (Å²) in [4.78, 5) is 8.00. The van der Waals surface area contributed by atoms with Crippen LogP contribution in [0.5, 0.6) is 0 Å². The molecule has 1 saturated heterocycles. The predicted molar refractivity (Wildman–Crippen MR) is 58.9 cm³/mol. The standard InChI is InChI=1S/C11H19N3O/c1-8-9(3-5-12)14-10(13-8)11(2)4-6-15-7-11/h3-7,12H2,1-2H3,(H,13,14). The van der Waals surface area contributed by atoms with Crippen molar-refractivity contribution in [1.29, 1.82) is 0 Å². The molecular formula is C11H19N3O. The maximum absolute atomic E-state index is 5.55. The normalized spacial score (nSPS) is 26.1. The number of H-pyrrole nitrogens is 1. The number of hydrogen-bond donors (Lipinski definition) is 2. The minimum absolute atomic E-state index is 0.0671. The molecule has 0 aliphatic carbocycles. The van der Waals surface area contributed by atoms with Gasteiger partial charge in [0.15, 0.2) is 0 Å². The van der Waals surface area contributed by atoms with E-state index in [4.69, 9.17) is 10.5 Å². The number of nitrogens with one attached hydrogen (secondary N) is 1. The molecule has 0 radical (unpaired) electrons. The van der Waals surface area contributed by atoms with E-state index < -0.39 is 0 Å². The number of nitrogens with two attached hydrogens (primary N) is 1. The molecule has 1 atom stereocenters. The van der Waals surface area contributed by atoms with Crippen LogP contribution in [0, 0.1) is 6.92 Å². The smallest absolute Gasteiger partial charge is 0.114 e. The van der Waals surface area contributed by atoms with Gasteiger partial charge in [-0.25, -0.2) is 4.98 Å². The number of imidazole rings is 1. The zero-order chi connectivity index (χ0) is 10.9. The van der Waals surface area contributed by atoms with Crippen LogP contribution >= 0.6 is 0 Å². The summed E-state index contributed by atoms with van der Waals surface area (Å²) in [5.41, 5.74) is 7.85. The molecule has 3 N–H and O–H groups in total. The molecule has 1 fully saturated rings. The van der Waals surface area contributed by atoms with Crippen molar-refractivity contribution in [3.8, 4) is 0 Å². The van der Waals surface area contributed by atoms with Crippen molar-refractivity contribution < 1.29 is 4.74 Å². The summed E-state index contributed by atoms with van der Waals surface area (Å²) in [5, 5.41) is 0. The van der Waals surface area contributed by atoms with Crippen molar-refractivity contribution in [2.24, 2.45) is 5.73 Å². The second kappa shape index (κ2) is 3.94. The predicted octanol–water partition coefficient (Wildman–Crippen LogP) is 0.897. The number of aryl methyl sites for hydroxylation is 1. The molecule has 1 aliphatic rings. The van der Waals surface area contributed by atoms with Gasteiger partial charge in [0.2, 0.25) is 0 Å². The Kier molecular flexibility index (Phi) is 2.80. The van der Waals surface area contributed by atoms with E-state index in [1.807, 2.05) is 0 Å². The molecule has 0 spiro atoms. The van der Waals surface area contributed by atoms with Crippen LogP contribution in [0.4, 0.5) is 0 Å². The Balaban J connectivity index is 2.25. The van der Waals surface area contributed by atoms with Gasteiger partial charge in [-0.05, 0) is 19.9 Å². The number of hydrogen-bond acceptors (Lipinski definition) is 3. The Morgan fingerprint density at radius 3 is 3.00 bits per heavy atom. The number of nitrogens with zero attached hydrogens (tertiary/aromatic N) is 1. The lowest BCUT2D eigenvalue weighted by atomic mass is 9.89. The number of aromatic amines is 1. The Bertz CT molecular complexity index is 340. The van der Waals surface area contributed by atoms with E-state index >= 15 is 0 Å². The van der Waals surface area contributed by atoms with Crippen molar-refractivity contribution in [3.05, 3.63) is 17.2 Å². The van der Waals surface area contributed by atoms with Crippen molar-refractivity contribution in [3.63, 3.8) is 0 Å². The first-order valence-electron chi connectivity index (χ1n) is 5.49. The van der Waals surface area contributed by atoms with Crippen molar-refractivity contribution in [1.82, 2.24) is 9.97 Å². The van der Waals surface area contributed by atoms with Crippen molar-refractivity contribution in [2.75, 3.05) is 19.8 Å². The van der Waals surface area contributed by atoms with Gasteiger partial charge in [-0.3, -0.25) is 0 Å². The van der Waals surface area contributed by atoms with Gasteiger partial charge in [0.05, 0.1) is 17.7 Å². The highest BCUT2D eigenvalue weighted by Crippen LogP contribution is 2.31. The van der Waals surface area contributed by atoms with Crippen LogP contribution in [0.1, 0.15) is 30.6 Å². The Labute approximate surface area is 90.2 Å². The van der Waals surface area contributed by atoms with Gasteiger partial charge in [0.1, 0.15) is 5.82 Å². The van der Waals surface area contributed by atoms with Crippen LogP contribution in [0.15, 0.2) is 0 Å². The van der Waals surface area contributed by atoms with E-state index in [1.165, 1.54) is 0 Å². The first-order valence-corrected chi connectivity index (χ1v) is 5.49. The maximum atomic E-state index is 5.55. The fourth-order valence-electron chi connectivity index (χ4n) is 2.02. The highest BCUT2D eigenvalue weighted by Gasteiger charge is 2.34. The van der Waals surface area contributed by atoms with E-state index in [2.05, 4.69) is 23.8 Å². The average molecular weight is 209 g/mol. The molecule has 1 aromatic rings. The van der Waals surface area contributed by atoms with E-state index in [0.717, 1.165) is 43.3 Å². The first-order chi connectivity index (χ1) is 7.15. The van der Waals surface area contributed by atoms with Gasteiger partial charge in [0.25, 0.3) is 0 Å². The van der Waals surface area contributed by atoms with E-state index in [-0.39, 0.29) is 5.41 Å². The lowest BCUT2D eigenvalue weighted by Gasteiger charge is -2.18. The Morgan fingerprint density at radius 1 is 1.60 bits per heavy atom. The zero-order valence-corrected chi connectivity index (χ0v) is 9.47. The second-order valence-electron chi connectivity index (χ2n) is 4.56. The largest absolute Gasteiger partial charge is 0.380 e. The SMILES string of the molecule is Cc1[nH]c(C2(C)CCOC2)nc1CCN. The van der Waals surface area contributed by atoms with Crippen LogP contribution in [-0.4, -0.2) is 29.7 Å². The molecule has 0 saturated carbocycles. The Hall–Kier alpha value is -0.870. The molecule has 1 unspecified atom stereocenters. The minimum atomic E-state index is 0.0671. The third-order valence-corrected chi connectivity index (χ3v) is 3.16. The molecule has 4 heteroatoms. The van der Waals surface area contributed by atoms with Crippen LogP contribution < -0.4 is 5.73 Å². The van der Waals surface area contributed by atoms with E-state index in [9.17, 15) is 0 Å². The van der Waals surface area contributed by atoms with Gasteiger partial charge in [0, 0.05) is 18.7 Å². The van der Waals surface area contributed by atoms with Gasteiger partial charge in [-0.1, -0.05) is 6.92 Å². The molecule has 1 aliphatic heterocycles. The summed E-state index contributed by atoms with van der Waals surface area (Å²) in [6.45, 7) is 6.51. The highest BCUT2D eigenvalue weighted by molar-refractivity contribution is 5.19. The van der Waals surface area contributed by atoms with Gasteiger partial charge in [-0.15, -0.1) is 0 Å². The summed E-state index contributed by atoms with van der Waals surface area (Å²) in [5.74, 6) is 1.06. The van der Waals surface area contributed by atoms with E-state index in [1.54, 1.807) is 0 Å². The molecule has 2 heterocycles. The van der Waals surface area contributed by atoms with E-state index in [0.29, 0.717) is 6.54 Å². The molecule has 1 aromatic heterocycles. The number of aromatic nitrogens is 2. The van der Waals surface area contributed by atoms with Crippen LogP contribution in [-0.2, 0) is 16.6 Å². The lowest BCUT2D eigenvalue weighted by Crippen LogP contribution is -2.23. The number of ether oxygens (including phenoxy) is 1. The summed E-state index contributed by atoms with van der Waals surface area (Å²) in [7, 11) is 0. The third kappa shape index (κ3) is 1.92. The second-order valence-corrected chi connectivity index (χ2v) is 4.56. The molecule has 84 valence electrons. The summed E-state index contributed by atoms with van der Waals surface area (Å²) in [6.07, 6.45) is 1.89. The monoisotopic (exact) mass is 209 g/mol. The fourth-order valence-corrected chi connectivity index (χ4v) is 2.02. The highest BCUT2D eigenvalue weighted by atomic mass is 16.5. The minimum Gasteiger partial charge on any atom is -0.380 e. The molecule has 2 rings (SSSR count). The van der Waals surface area contributed by atoms with Gasteiger partial charge >= 0.3 is 0 Å². The average Bonchev–Trinajstić information content (AvgIpc) is 2.76. The molecule has 0 bridgehead atoms. The maximum Gasteiger partial charge on any atom is 0.114 e. The summed E-state index contributed by atoms with van der Waals surface area (Å²) < 4.78 is 5.44. The molecule has 15 heavy (non-hydrogen) atoms. The summed E-state index contributed by atoms with van der Waals surface area (Å²) >= 11 is 0. The molecule has 0 amide bonds. The first kappa shape index (κ1) is 10.6. The molecule has 0 aromatic carbocycles. The number of rotatable bonds is 3. The zero-order valence-electron chi connectivity index (χ0n) is 9.47. The summed E-state index contributed by atoms with van der Waals surface area (Å²) in [6, 6.07) is 0. The quantitative estimate of drug-likeness (QED) is 0.777. The van der Waals surface area contributed by atoms with Gasteiger partial charge in [-0.2, -0.15) is 0 Å². The molecular weight excluding hydrogens is 190 g/mol. The van der Waals surface area contributed by atoms with Crippen molar-refractivity contribution in [2.45, 2.75) is 32.1 Å². The van der Waals surface area contributed by atoms with Gasteiger partial charge < -0.3 is 15.5 Å². The third-order valence-electron chi connectivity index (χ3n) is 3.16. The van der Waals surface area contributed by atoms with Crippen LogP contribution in [0.25, 0.3) is 0 Å².